The molecule has 23 heavy (non-hydrogen) atoms. The Morgan fingerprint density at radius 1 is 1.35 bits per heavy atom. The third-order valence-electron chi connectivity index (χ3n) is 4.22. The summed E-state index contributed by atoms with van der Waals surface area (Å²) in [5.41, 5.74) is 0.947. The maximum Gasteiger partial charge on any atom is 0.307 e. The van der Waals surface area contributed by atoms with Crippen LogP contribution in [0.4, 0.5) is 0 Å². The van der Waals surface area contributed by atoms with Gasteiger partial charge in [0.1, 0.15) is 0 Å². The Morgan fingerprint density at radius 3 is 2.96 bits per heavy atom. The predicted octanol–water partition coefficient (Wildman–Crippen LogP) is 2.47. The zero-order valence-electron chi connectivity index (χ0n) is 13.0. The van der Waals surface area contributed by atoms with Gasteiger partial charge in [-0.2, -0.15) is 4.98 Å². The molecule has 0 bridgehead atoms. The zero-order chi connectivity index (χ0) is 16.1. The van der Waals surface area contributed by atoms with Crippen LogP contribution in [0.25, 0.3) is 11.4 Å². The number of hydrogen-bond acceptors (Lipinski definition) is 5. The lowest BCUT2D eigenvalue weighted by Gasteiger charge is -2.30. The molecular formula is C17H21N3O3. The number of piperidine rings is 1. The van der Waals surface area contributed by atoms with Gasteiger partial charge >= 0.3 is 5.97 Å². The summed E-state index contributed by atoms with van der Waals surface area (Å²) in [5.74, 6) is 0.344. The Labute approximate surface area is 135 Å². The molecule has 122 valence electrons. The van der Waals surface area contributed by atoms with Crippen molar-refractivity contribution in [2.45, 2.75) is 25.7 Å². The van der Waals surface area contributed by atoms with Crippen molar-refractivity contribution in [1.82, 2.24) is 15.0 Å². The number of aryl methyl sites for hydroxylation is 1. The van der Waals surface area contributed by atoms with Gasteiger partial charge in [0.05, 0.1) is 5.92 Å². The van der Waals surface area contributed by atoms with E-state index in [1.165, 1.54) is 0 Å². The molecule has 1 unspecified atom stereocenters. The average Bonchev–Trinajstić information content (AvgIpc) is 3.05. The van der Waals surface area contributed by atoms with E-state index in [9.17, 15) is 4.79 Å². The second kappa shape index (κ2) is 7.37. The van der Waals surface area contributed by atoms with Crippen molar-refractivity contribution < 1.29 is 14.4 Å². The number of carbonyl (C=O) groups is 1. The van der Waals surface area contributed by atoms with Gasteiger partial charge in [-0.05, 0) is 32.4 Å². The number of carboxylic acid groups (broad SMARTS) is 1. The molecule has 0 aliphatic carbocycles. The molecule has 6 nitrogen and oxygen atoms in total. The van der Waals surface area contributed by atoms with E-state index >= 15 is 0 Å². The van der Waals surface area contributed by atoms with Crippen LogP contribution in [0.1, 0.15) is 25.2 Å². The first-order chi connectivity index (χ1) is 11.2. The summed E-state index contributed by atoms with van der Waals surface area (Å²) >= 11 is 0. The number of benzene rings is 1. The summed E-state index contributed by atoms with van der Waals surface area (Å²) < 4.78 is 5.29. The number of nitrogens with zero attached hydrogens (tertiary/aromatic N) is 3. The van der Waals surface area contributed by atoms with Crippen LogP contribution in [0.2, 0.25) is 0 Å². The van der Waals surface area contributed by atoms with Gasteiger partial charge in [0, 0.05) is 18.5 Å². The van der Waals surface area contributed by atoms with Gasteiger partial charge < -0.3 is 14.5 Å². The monoisotopic (exact) mass is 315 g/mol. The summed E-state index contributed by atoms with van der Waals surface area (Å²) in [6.07, 6.45) is 3.35. The van der Waals surface area contributed by atoms with E-state index in [0.717, 1.165) is 37.9 Å². The van der Waals surface area contributed by atoms with E-state index in [0.29, 0.717) is 24.7 Å². The quantitative estimate of drug-likeness (QED) is 0.882. The fourth-order valence-electron chi connectivity index (χ4n) is 2.97. The van der Waals surface area contributed by atoms with Crippen molar-refractivity contribution >= 4 is 5.97 Å². The first-order valence-corrected chi connectivity index (χ1v) is 8.05. The van der Waals surface area contributed by atoms with Crippen LogP contribution in [-0.4, -0.2) is 45.8 Å². The molecule has 3 rings (SSSR count). The molecule has 1 saturated heterocycles. The lowest BCUT2D eigenvalue weighted by Crippen LogP contribution is -2.39. The van der Waals surface area contributed by atoms with Crippen molar-refractivity contribution in [2.75, 3.05) is 19.6 Å². The number of likely N-dealkylation sites (tertiary alicyclic amines) is 1. The van der Waals surface area contributed by atoms with Crippen molar-refractivity contribution in [3.05, 3.63) is 36.2 Å². The van der Waals surface area contributed by atoms with Gasteiger partial charge in [-0.1, -0.05) is 35.5 Å². The van der Waals surface area contributed by atoms with E-state index in [2.05, 4.69) is 15.0 Å². The molecule has 6 heteroatoms. The van der Waals surface area contributed by atoms with Crippen LogP contribution < -0.4 is 0 Å². The maximum atomic E-state index is 11.1. The average molecular weight is 315 g/mol. The molecule has 1 aliphatic rings. The fourth-order valence-corrected chi connectivity index (χ4v) is 2.97. The van der Waals surface area contributed by atoms with Crippen LogP contribution >= 0.6 is 0 Å². The SMILES string of the molecule is O=C(O)C1CCCN(CCCc2nc(-c3ccccc3)no2)C1. The van der Waals surface area contributed by atoms with E-state index < -0.39 is 5.97 Å². The molecule has 2 heterocycles. The Morgan fingerprint density at radius 2 is 2.17 bits per heavy atom. The van der Waals surface area contributed by atoms with E-state index in [1.807, 2.05) is 30.3 Å². The second-order valence-electron chi connectivity index (χ2n) is 5.96. The first-order valence-electron chi connectivity index (χ1n) is 8.05. The number of rotatable bonds is 6. The maximum absolute atomic E-state index is 11.1. The van der Waals surface area contributed by atoms with Crippen LogP contribution in [0.5, 0.6) is 0 Å². The molecule has 1 fully saturated rings. The topological polar surface area (TPSA) is 79.5 Å². The Kier molecular flexibility index (Phi) is 5.02. The van der Waals surface area contributed by atoms with Crippen molar-refractivity contribution in [3.63, 3.8) is 0 Å². The predicted molar refractivity (Wildman–Crippen MR) is 84.9 cm³/mol. The van der Waals surface area contributed by atoms with Crippen LogP contribution in [0.15, 0.2) is 34.9 Å². The number of aliphatic carboxylic acids is 1. The molecule has 1 N–H and O–H groups in total. The summed E-state index contributed by atoms with van der Waals surface area (Å²) in [5, 5.41) is 13.1. The standard InChI is InChI=1S/C17H21N3O3/c21-17(22)14-8-4-10-20(12-14)11-5-9-15-18-16(19-23-15)13-6-2-1-3-7-13/h1-3,6-7,14H,4-5,8-12H2,(H,21,22). The van der Waals surface area contributed by atoms with Gasteiger partial charge in [0.15, 0.2) is 0 Å². The molecule has 0 amide bonds. The highest BCUT2D eigenvalue weighted by molar-refractivity contribution is 5.70. The molecule has 0 spiro atoms. The van der Waals surface area contributed by atoms with Crippen molar-refractivity contribution in [2.24, 2.45) is 5.92 Å². The van der Waals surface area contributed by atoms with Gasteiger partial charge in [-0.3, -0.25) is 4.79 Å². The molecule has 1 atom stereocenters. The Hall–Kier alpha value is -2.21. The lowest BCUT2D eigenvalue weighted by atomic mass is 9.98. The molecule has 1 aromatic heterocycles. The van der Waals surface area contributed by atoms with E-state index in [4.69, 9.17) is 9.63 Å². The number of carboxylic acids is 1. The van der Waals surface area contributed by atoms with Gasteiger partial charge in [-0.25, -0.2) is 0 Å². The molecule has 0 saturated carbocycles. The van der Waals surface area contributed by atoms with Gasteiger partial charge in [-0.15, -0.1) is 0 Å². The highest BCUT2D eigenvalue weighted by Crippen LogP contribution is 2.18. The van der Waals surface area contributed by atoms with Crippen LogP contribution in [-0.2, 0) is 11.2 Å². The van der Waals surface area contributed by atoms with E-state index in [-0.39, 0.29) is 5.92 Å². The van der Waals surface area contributed by atoms with Crippen LogP contribution in [0, 0.1) is 5.92 Å². The number of hydrogen-bond donors (Lipinski definition) is 1. The van der Waals surface area contributed by atoms with Crippen molar-refractivity contribution in [1.29, 1.82) is 0 Å². The smallest absolute Gasteiger partial charge is 0.307 e. The minimum Gasteiger partial charge on any atom is -0.481 e. The molecule has 0 radical (unpaired) electrons. The molecule has 2 aromatic rings. The summed E-state index contributed by atoms with van der Waals surface area (Å²) in [4.78, 5) is 17.7. The van der Waals surface area contributed by atoms with Gasteiger partial charge in [0.25, 0.3) is 0 Å². The molecule has 1 aromatic carbocycles. The highest BCUT2D eigenvalue weighted by atomic mass is 16.5. The van der Waals surface area contributed by atoms with Gasteiger partial charge in [0.2, 0.25) is 11.7 Å². The fraction of sp³-hybridized carbons (Fsp3) is 0.471. The largest absolute Gasteiger partial charge is 0.481 e. The van der Waals surface area contributed by atoms with Crippen LogP contribution in [0.3, 0.4) is 0 Å². The third kappa shape index (κ3) is 4.16. The summed E-state index contributed by atoms with van der Waals surface area (Å²) in [6.45, 7) is 2.49. The van der Waals surface area contributed by atoms with Crippen molar-refractivity contribution in [3.8, 4) is 11.4 Å². The Bertz CT molecular complexity index is 642. The zero-order valence-corrected chi connectivity index (χ0v) is 13.0. The summed E-state index contributed by atoms with van der Waals surface area (Å²) in [7, 11) is 0. The minimum absolute atomic E-state index is 0.225. The number of aromatic nitrogens is 2. The minimum atomic E-state index is -0.681. The Balaban J connectivity index is 1.48. The van der Waals surface area contributed by atoms with E-state index in [1.54, 1.807) is 0 Å². The lowest BCUT2D eigenvalue weighted by molar-refractivity contribution is -0.143. The molecular weight excluding hydrogens is 294 g/mol. The first kappa shape index (κ1) is 15.7. The molecule has 1 aliphatic heterocycles. The third-order valence-corrected chi connectivity index (χ3v) is 4.22. The highest BCUT2D eigenvalue weighted by Gasteiger charge is 2.24. The normalized spacial score (nSPS) is 18.9. The summed E-state index contributed by atoms with van der Waals surface area (Å²) in [6, 6.07) is 9.75. The second-order valence-corrected chi connectivity index (χ2v) is 5.96.